The third-order valence-electron chi connectivity index (χ3n) is 3.24. The molecule has 0 atom stereocenters. The van der Waals surface area contributed by atoms with Gasteiger partial charge in [-0.05, 0) is 54.6 Å². The first-order chi connectivity index (χ1) is 9.81. The molecule has 2 nitrogen and oxygen atoms in total. The summed E-state index contributed by atoms with van der Waals surface area (Å²) in [6, 6.07) is 17.0. The number of halogens is 1. The molecule has 0 unspecified atom stereocenters. The van der Waals surface area contributed by atoms with Crippen molar-refractivity contribution in [2.45, 2.75) is 17.9 Å². The third kappa shape index (κ3) is 6.00. The summed E-state index contributed by atoms with van der Waals surface area (Å²) in [7, 11) is 1.69. The molecule has 0 heterocycles. The summed E-state index contributed by atoms with van der Waals surface area (Å²) >= 11 is 1.78. The van der Waals surface area contributed by atoms with Crippen molar-refractivity contribution in [1.29, 1.82) is 0 Å². The van der Waals surface area contributed by atoms with Crippen LogP contribution in [0.5, 0.6) is 5.75 Å². The first-order valence-electron chi connectivity index (χ1n) is 6.78. The maximum Gasteiger partial charge on any atom is 0.118 e. The lowest BCUT2D eigenvalue weighted by molar-refractivity contribution is 0.414. The number of ether oxygens (including phenoxy) is 1. The Balaban J connectivity index is 0.00000220. The molecule has 0 aliphatic rings. The zero-order valence-corrected chi connectivity index (χ0v) is 14.1. The summed E-state index contributed by atoms with van der Waals surface area (Å²) in [5.74, 6) is 0.913. The van der Waals surface area contributed by atoms with Crippen molar-refractivity contribution in [1.82, 2.24) is 5.32 Å². The van der Waals surface area contributed by atoms with Crippen LogP contribution >= 0.6 is 24.2 Å². The molecular weight excluding hydrogens is 302 g/mol. The second kappa shape index (κ2) is 9.72. The molecule has 0 spiro atoms. The molecule has 21 heavy (non-hydrogen) atoms. The van der Waals surface area contributed by atoms with Crippen LogP contribution in [-0.2, 0) is 13.0 Å². The fourth-order valence-corrected chi connectivity index (χ4v) is 2.41. The average molecular weight is 324 g/mol. The Bertz CT molecular complexity index is 464. The van der Waals surface area contributed by atoms with E-state index in [2.05, 4.69) is 48.0 Å². The first kappa shape index (κ1) is 17.9. The second-order valence-electron chi connectivity index (χ2n) is 4.62. The molecule has 0 aliphatic carbocycles. The van der Waals surface area contributed by atoms with Gasteiger partial charge in [-0.15, -0.1) is 24.2 Å². The van der Waals surface area contributed by atoms with E-state index in [9.17, 15) is 0 Å². The van der Waals surface area contributed by atoms with Gasteiger partial charge in [-0.2, -0.15) is 0 Å². The van der Waals surface area contributed by atoms with Crippen LogP contribution in [0.2, 0.25) is 0 Å². The van der Waals surface area contributed by atoms with Gasteiger partial charge in [0.25, 0.3) is 0 Å². The highest BCUT2D eigenvalue weighted by Crippen LogP contribution is 2.15. The van der Waals surface area contributed by atoms with Crippen LogP contribution in [-0.4, -0.2) is 19.9 Å². The Morgan fingerprint density at radius 2 is 1.57 bits per heavy atom. The fraction of sp³-hybridized carbons (Fsp3) is 0.294. The Kier molecular flexibility index (Phi) is 8.28. The molecule has 0 aliphatic heterocycles. The summed E-state index contributed by atoms with van der Waals surface area (Å²) in [4.78, 5) is 1.31. The van der Waals surface area contributed by atoms with Gasteiger partial charge in [-0.1, -0.05) is 24.3 Å². The summed E-state index contributed by atoms with van der Waals surface area (Å²) in [5, 5.41) is 3.48. The van der Waals surface area contributed by atoms with Crippen LogP contribution in [0.4, 0.5) is 0 Å². The topological polar surface area (TPSA) is 21.3 Å². The second-order valence-corrected chi connectivity index (χ2v) is 5.50. The summed E-state index contributed by atoms with van der Waals surface area (Å²) < 4.78 is 5.15. The molecule has 0 radical (unpaired) electrons. The van der Waals surface area contributed by atoms with Gasteiger partial charge in [-0.25, -0.2) is 0 Å². The summed E-state index contributed by atoms with van der Waals surface area (Å²) in [5.41, 5.74) is 2.66. The predicted molar refractivity (Wildman–Crippen MR) is 93.9 cm³/mol. The van der Waals surface area contributed by atoms with Gasteiger partial charge in [0.05, 0.1) is 7.11 Å². The molecule has 4 heteroatoms. The number of methoxy groups -OCH3 is 1. The Labute approximate surface area is 137 Å². The highest BCUT2D eigenvalue weighted by Gasteiger charge is 1.96. The van der Waals surface area contributed by atoms with E-state index in [0.717, 1.165) is 25.3 Å². The number of nitrogens with one attached hydrogen (secondary N) is 1. The van der Waals surface area contributed by atoms with E-state index in [0.29, 0.717) is 0 Å². The van der Waals surface area contributed by atoms with Crippen molar-refractivity contribution < 1.29 is 4.74 Å². The van der Waals surface area contributed by atoms with E-state index in [1.54, 1.807) is 18.9 Å². The number of rotatable bonds is 7. The van der Waals surface area contributed by atoms with Crippen LogP contribution < -0.4 is 10.1 Å². The first-order valence-corrected chi connectivity index (χ1v) is 8.01. The van der Waals surface area contributed by atoms with E-state index in [-0.39, 0.29) is 12.4 Å². The zero-order valence-electron chi connectivity index (χ0n) is 12.5. The Morgan fingerprint density at radius 3 is 2.14 bits per heavy atom. The number of benzene rings is 2. The largest absolute Gasteiger partial charge is 0.497 e. The van der Waals surface area contributed by atoms with Gasteiger partial charge < -0.3 is 10.1 Å². The standard InChI is InChI=1S/C17H21NOS.ClH/c1-19-16-7-3-14(4-8-16)11-12-18-13-15-5-9-17(20-2)10-6-15;/h3-10,18H,11-13H2,1-2H3;1H. The molecule has 0 saturated carbocycles. The van der Waals surface area contributed by atoms with Gasteiger partial charge in [0, 0.05) is 11.4 Å². The predicted octanol–water partition coefficient (Wildman–Crippen LogP) is 4.17. The molecule has 0 amide bonds. The average Bonchev–Trinajstić information content (AvgIpc) is 2.53. The summed E-state index contributed by atoms with van der Waals surface area (Å²) in [6.07, 6.45) is 3.13. The van der Waals surface area contributed by atoms with Gasteiger partial charge in [0.15, 0.2) is 0 Å². The lowest BCUT2D eigenvalue weighted by Gasteiger charge is -2.06. The van der Waals surface area contributed by atoms with E-state index < -0.39 is 0 Å². The smallest absolute Gasteiger partial charge is 0.118 e. The van der Waals surface area contributed by atoms with Gasteiger partial charge in [-0.3, -0.25) is 0 Å². The maximum atomic E-state index is 5.15. The van der Waals surface area contributed by atoms with Crippen molar-refractivity contribution in [2.75, 3.05) is 19.9 Å². The quantitative estimate of drug-likeness (QED) is 0.610. The number of thioether (sulfide) groups is 1. The third-order valence-corrected chi connectivity index (χ3v) is 3.98. The van der Waals surface area contributed by atoms with Crippen LogP contribution in [0.1, 0.15) is 11.1 Å². The van der Waals surface area contributed by atoms with Crippen molar-refractivity contribution in [3.63, 3.8) is 0 Å². The SMILES string of the molecule is COc1ccc(CCNCc2ccc(SC)cc2)cc1.Cl. The molecule has 0 saturated heterocycles. The molecule has 0 bridgehead atoms. The van der Waals surface area contributed by atoms with Gasteiger partial charge in [0.1, 0.15) is 5.75 Å². The van der Waals surface area contributed by atoms with E-state index >= 15 is 0 Å². The van der Waals surface area contributed by atoms with Crippen LogP contribution in [0.3, 0.4) is 0 Å². The highest BCUT2D eigenvalue weighted by atomic mass is 35.5. The van der Waals surface area contributed by atoms with E-state index in [1.807, 2.05) is 12.1 Å². The Hall–Kier alpha value is -1.16. The fourth-order valence-electron chi connectivity index (χ4n) is 2.00. The molecule has 2 aromatic rings. The minimum absolute atomic E-state index is 0. The van der Waals surface area contributed by atoms with Crippen LogP contribution in [0.25, 0.3) is 0 Å². The number of hydrogen-bond donors (Lipinski definition) is 1. The minimum atomic E-state index is 0. The van der Waals surface area contributed by atoms with E-state index in [4.69, 9.17) is 4.74 Å². The monoisotopic (exact) mass is 323 g/mol. The molecule has 2 rings (SSSR count). The maximum absolute atomic E-state index is 5.15. The molecule has 114 valence electrons. The highest BCUT2D eigenvalue weighted by molar-refractivity contribution is 7.98. The lowest BCUT2D eigenvalue weighted by Crippen LogP contribution is -2.16. The van der Waals surface area contributed by atoms with Crippen molar-refractivity contribution in [3.05, 3.63) is 59.7 Å². The molecule has 2 aromatic carbocycles. The number of hydrogen-bond acceptors (Lipinski definition) is 3. The zero-order chi connectivity index (χ0) is 14.2. The molecular formula is C17H22ClNOS. The normalized spacial score (nSPS) is 10.0. The minimum Gasteiger partial charge on any atom is -0.497 e. The van der Waals surface area contributed by atoms with E-state index in [1.165, 1.54) is 16.0 Å². The van der Waals surface area contributed by atoms with Crippen LogP contribution in [0.15, 0.2) is 53.4 Å². The van der Waals surface area contributed by atoms with Crippen LogP contribution in [0, 0.1) is 0 Å². The molecule has 0 fully saturated rings. The molecule has 1 N–H and O–H groups in total. The lowest BCUT2D eigenvalue weighted by atomic mass is 10.1. The van der Waals surface area contributed by atoms with Gasteiger partial charge in [0.2, 0.25) is 0 Å². The van der Waals surface area contributed by atoms with Crippen molar-refractivity contribution >= 4 is 24.2 Å². The van der Waals surface area contributed by atoms with Gasteiger partial charge >= 0.3 is 0 Å². The summed E-state index contributed by atoms with van der Waals surface area (Å²) in [6.45, 7) is 1.90. The van der Waals surface area contributed by atoms with Crippen molar-refractivity contribution in [3.8, 4) is 5.75 Å². The Morgan fingerprint density at radius 1 is 0.952 bits per heavy atom. The molecule has 0 aromatic heterocycles. The van der Waals surface area contributed by atoms with Crippen molar-refractivity contribution in [2.24, 2.45) is 0 Å².